The number of hydrogen-bond donors (Lipinski definition) is 1. The number of halogens is 1. The number of carbonyl (C=O) groups excluding carboxylic acids is 1. The van der Waals surface area contributed by atoms with Gasteiger partial charge in [0.15, 0.2) is 10.9 Å². The molecule has 1 amide bonds. The molecule has 0 aliphatic carbocycles. The van der Waals surface area contributed by atoms with E-state index in [9.17, 15) is 4.79 Å². The van der Waals surface area contributed by atoms with Crippen molar-refractivity contribution in [2.75, 3.05) is 11.6 Å². The summed E-state index contributed by atoms with van der Waals surface area (Å²) in [4.78, 5) is 20.4. The first-order valence-electron chi connectivity index (χ1n) is 5.97. The van der Waals surface area contributed by atoms with Crippen LogP contribution in [0.4, 0.5) is 5.69 Å². The van der Waals surface area contributed by atoms with E-state index >= 15 is 0 Å². The standard InChI is InChI=1S/C14H14ClN3OS/c1-8-5-4-6-11(9(8)2)17-13(19)12-10(15)7-16-14(18-12)20-3/h4-7H,1-3H3,(H,17,19). The van der Waals surface area contributed by atoms with Crippen LogP contribution < -0.4 is 5.32 Å². The summed E-state index contributed by atoms with van der Waals surface area (Å²) in [6.07, 6.45) is 3.29. The molecule has 0 fully saturated rings. The number of carbonyl (C=O) groups is 1. The number of nitrogens with one attached hydrogen (secondary N) is 1. The van der Waals surface area contributed by atoms with Crippen molar-refractivity contribution in [1.29, 1.82) is 0 Å². The van der Waals surface area contributed by atoms with E-state index in [0.29, 0.717) is 5.16 Å². The molecule has 0 saturated heterocycles. The zero-order valence-corrected chi connectivity index (χ0v) is 13.0. The van der Waals surface area contributed by atoms with E-state index in [4.69, 9.17) is 11.6 Å². The van der Waals surface area contributed by atoms with Crippen LogP contribution in [-0.2, 0) is 0 Å². The van der Waals surface area contributed by atoms with E-state index in [-0.39, 0.29) is 16.6 Å². The van der Waals surface area contributed by atoms with E-state index in [0.717, 1.165) is 16.8 Å². The lowest BCUT2D eigenvalue weighted by molar-refractivity contribution is 0.102. The van der Waals surface area contributed by atoms with Gasteiger partial charge in [0, 0.05) is 5.69 Å². The second-order valence-electron chi connectivity index (χ2n) is 4.25. The van der Waals surface area contributed by atoms with Crippen LogP contribution in [0.15, 0.2) is 29.6 Å². The average Bonchev–Trinajstić information content (AvgIpc) is 2.44. The molecule has 6 heteroatoms. The van der Waals surface area contributed by atoms with Crippen molar-refractivity contribution in [3.05, 3.63) is 46.2 Å². The molecule has 1 N–H and O–H groups in total. The molecule has 4 nitrogen and oxygen atoms in total. The predicted molar refractivity (Wildman–Crippen MR) is 82.7 cm³/mol. The van der Waals surface area contributed by atoms with Gasteiger partial charge in [-0.05, 0) is 37.3 Å². The smallest absolute Gasteiger partial charge is 0.275 e. The van der Waals surface area contributed by atoms with Crippen LogP contribution in [0.1, 0.15) is 21.6 Å². The number of amides is 1. The summed E-state index contributed by atoms with van der Waals surface area (Å²) in [5, 5.41) is 3.59. The Morgan fingerprint density at radius 3 is 2.80 bits per heavy atom. The van der Waals surface area contributed by atoms with Gasteiger partial charge < -0.3 is 5.32 Å². The molecule has 0 atom stereocenters. The summed E-state index contributed by atoms with van der Waals surface area (Å²) in [6.45, 7) is 3.95. The molecule has 104 valence electrons. The minimum atomic E-state index is -0.332. The van der Waals surface area contributed by atoms with Gasteiger partial charge in [0.1, 0.15) is 0 Å². The fourth-order valence-corrected chi connectivity index (χ4v) is 2.19. The maximum atomic E-state index is 12.3. The van der Waals surface area contributed by atoms with Crippen molar-refractivity contribution < 1.29 is 4.79 Å². The third-order valence-corrected chi connectivity index (χ3v) is 3.81. The molecule has 1 heterocycles. The summed E-state index contributed by atoms with van der Waals surface area (Å²) >= 11 is 7.35. The number of aryl methyl sites for hydroxylation is 1. The van der Waals surface area contributed by atoms with Gasteiger partial charge >= 0.3 is 0 Å². The van der Waals surface area contributed by atoms with Crippen LogP contribution in [0, 0.1) is 13.8 Å². The predicted octanol–water partition coefficient (Wildman–Crippen LogP) is 3.72. The highest BCUT2D eigenvalue weighted by Crippen LogP contribution is 2.21. The van der Waals surface area contributed by atoms with Crippen LogP contribution in [0.5, 0.6) is 0 Å². The Morgan fingerprint density at radius 2 is 2.10 bits per heavy atom. The Labute approximate surface area is 127 Å². The molecular weight excluding hydrogens is 294 g/mol. The molecule has 1 aromatic heterocycles. The fraction of sp³-hybridized carbons (Fsp3) is 0.214. The van der Waals surface area contributed by atoms with Gasteiger partial charge in [-0.1, -0.05) is 35.5 Å². The van der Waals surface area contributed by atoms with E-state index in [1.54, 1.807) is 0 Å². The molecule has 1 aromatic carbocycles. The van der Waals surface area contributed by atoms with Gasteiger partial charge in [0.25, 0.3) is 5.91 Å². The van der Waals surface area contributed by atoms with Crippen molar-refractivity contribution in [3.63, 3.8) is 0 Å². The largest absolute Gasteiger partial charge is 0.320 e. The number of nitrogens with zero attached hydrogens (tertiary/aromatic N) is 2. The van der Waals surface area contributed by atoms with Crippen molar-refractivity contribution in [3.8, 4) is 0 Å². The molecule has 0 saturated carbocycles. The lowest BCUT2D eigenvalue weighted by Crippen LogP contribution is -2.16. The first kappa shape index (κ1) is 14.8. The maximum Gasteiger partial charge on any atom is 0.275 e. The number of rotatable bonds is 3. The normalized spacial score (nSPS) is 10.4. The summed E-state index contributed by atoms with van der Waals surface area (Å²) in [7, 11) is 0. The Morgan fingerprint density at radius 1 is 1.35 bits per heavy atom. The molecule has 0 spiro atoms. The Balaban J connectivity index is 2.30. The minimum Gasteiger partial charge on any atom is -0.320 e. The Bertz CT molecular complexity index is 661. The van der Waals surface area contributed by atoms with Crippen LogP contribution >= 0.6 is 23.4 Å². The first-order valence-corrected chi connectivity index (χ1v) is 7.57. The monoisotopic (exact) mass is 307 g/mol. The van der Waals surface area contributed by atoms with E-state index in [1.807, 2.05) is 38.3 Å². The lowest BCUT2D eigenvalue weighted by Gasteiger charge is -2.10. The molecule has 0 unspecified atom stereocenters. The van der Waals surface area contributed by atoms with Gasteiger partial charge in [0.2, 0.25) is 0 Å². The first-order chi connectivity index (χ1) is 9.52. The van der Waals surface area contributed by atoms with Crippen molar-refractivity contribution in [2.24, 2.45) is 0 Å². The van der Waals surface area contributed by atoms with E-state index < -0.39 is 0 Å². The van der Waals surface area contributed by atoms with Gasteiger partial charge in [-0.25, -0.2) is 9.97 Å². The van der Waals surface area contributed by atoms with Crippen LogP contribution in [-0.4, -0.2) is 22.1 Å². The molecule has 20 heavy (non-hydrogen) atoms. The highest BCUT2D eigenvalue weighted by Gasteiger charge is 2.15. The Hall–Kier alpha value is -1.59. The quantitative estimate of drug-likeness (QED) is 0.693. The zero-order chi connectivity index (χ0) is 14.7. The third-order valence-electron chi connectivity index (χ3n) is 2.97. The summed E-state index contributed by atoms with van der Waals surface area (Å²) in [5.74, 6) is -0.332. The van der Waals surface area contributed by atoms with Crippen molar-refractivity contribution in [2.45, 2.75) is 19.0 Å². The number of hydrogen-bond acceptors (Lipinski definition) is 4. The zero-order valence-electron chi connectivity index (χ0n) is 11.4. The van der Waals surface area contributed by atoms with Crippen molar-refractivity contribution in [1.82, 2.24) is 9.97 Å². The number of benzene rings is 1. The molecule has 2 aromatic rings. The lowest BCUT2D eigenvalue weighted by atomic mass is 10.1. The maximum absolute atomic E-state index is 12.3. The molecule has 0 bridgehead atoms. The summed E-state index contributed by atoms with van der Waals surface area (Å²) in [6, 6.07) is 5.74. The highest BCUT2D eigenvalue weighted by atomic mass is 35.5. The van der Waals surface area contributed by atoms with Crippen LogP contribution in [0.25, 0.3) is 0 Å². The highest BCUT2D eigenvalue weighted by molar-refractivity contribution is 7.98. The minimum absolute atomic E-state index is 0.187. The van der Waals surface area contributed by atoms with Gasteiger partial charge in [-0.15, -0.1) is 0 Å². The topological polar surface area (TPSA) is 54.9 Å². The number of anilines is 1. The van der Waals surface area contributed by atoms with Gasteiger partial charge in [-0.3, -0.25) is 4.79 Å². The number of aromatic nitrogens is 2. The van der Waals surface area contributed by atoms with Gasteiger partial charge in [0.05, 0.1) is 11.2 Å². The molecule has 0 radical (unpaired) electrons. The second kappa shape index (κ2) is 6.24. The van der Waals surface area contributed by atoms with E-state index in [2.05, 4.69) is 15.3 Å². The molecule has 2 rings (SSSR count). The SMILES string of the molecule is CSc1ncc(Cl)c(C(=O)Nc2cccc(C)c2C)n1. The fourth-order valence-electron chi connectivity index (χ4n) is 1.68. The van der Waals surface area contributed by atoms with Crippen LogP contribution in [0.2, 0.25) is 5.02 Å². The summed E-state index contributed by atoms with van der Waals surface area (Å²) < 4.78 is 0. The van der Waals surface area contributed by atoms with Crippen LogP contribution in [0.3, 0.4) is 0 Å². The third kappa shape index (κ3) is 3.11. The molecule has 0 aliphatic heterocycles. The molecule has 0 aliphatic rings. The summed E-state index contributed by atoms with van der Waals surface area (Å²) in [5.41, 5.74) is 3.08. The van der Waals surface area contributed by atoms with Gasteiger partial charge in [-0.2, -0.15) is 0 Å². The Kier molecular flexibility index (Phi) is 4.62. The van der Waals surface area contributed by atoms with Crippen molar-refractivity contribution >= 4 is 35.0 Å². The van der Waals surface area contributed by atoms with E-state index in [1.165, 1.54) is 18.0 Å². The number of thioether (sulfide) groups is 1. The second-order valence-corrected chi connectivity index (χ2v) is 5.44. The average molecular weight is 308 g/mol. The molecular formula is C14H14ClN3OS.